The monoisotopic (exact) mass is 284 g/mol. The topological polar surface area (TPSA) is 63.6 Å². The van der Waals surface area contributed by atoms with E-state index in [1.807, 2.05) is 30.3 Å². The van der Waals surface area contributed by atoms with Crippen molar-refractivity contribution in [2.24, 2.45) is 5.92 Å². The zero-order valence-corrected chi connectivity index (χ0v) is 11.7. The Morgan fingerprint density at radius 1 is 1.21 bits per heavy atom. The Bertz CT molecular complexity index is 477. The van der Waals surface area contributed by atoms with Crippen LogP contribution in [-0.2, 0) is 20.9 Å². The van der Waals surface area contributed by atoms with E-state index in [-0.39, 0.29) is 18.3 Å². The predicted molar refractivity (Wildman–Crippen MR) is 73.0 cm³/mol. The van der Waals surface area contributed by atoms with Crippen molar-refractivity contribution in [1.29, 1.82) is 0 Å². The van der Waals surface area contributed by atoms with Gasteiger partial charge in [-0.2, -0.15) is 8.42 Å². The highest BCUT2D eigenvalue weighted by Gasteiger charge is 2.28. The van der Waals surface area contributed by atoms with Crippen molar-refractivity contribution in [3.63, 3.8) is 0 Å². The molecule has 106 valence electrons. The Labute approximate surface area is 114 Å². The fourth-order valence-corrected chi connectivity index (χ4v) is 3.57. The molecule has 0 amide bonds. The summed E-state index contributed by atoms with van der Waals surface area (Å²) in [4.78, 5) is 0. The second-order valence-electron chi connectivity index (χ2n) is 5.08. The summed E-state index contributed by atoms with van der Waals surface area (Å²) in [5.74, 6) is -0.195. The summed E-state index contributed by atoms with van der Waals surface area (Å²) < 4.78 is 28.5. The lowest BCUT2D eigenvalue weighted by Gasteiger charge is -2.17. The van der Waals surface area contributed by atoms with Gasteiger partial charge in [0.05, 0.1) is 12.7 Å². The number of aliphatic hydroxyl groups is 1. The van der Waals surface area contributed by atoms with Crippen molar-refractivity contribution in [1.82, 2.24) is 0 Å². The van der Waals surface area contributed by atoms with Crippen LogP contribution < -0.4 is 0 Å². The third kappa shape index (κ3) is 4.60. The molecule has 2 rings (SSSR count). The summed E-state index contributed by atoms with van der Waals surface area (Å²) in [6, 6.07) is 9.14. The summed E-state index contributed by atoms with van der Waals surface area (Å²) in [6.45, 7) is 0.0283. The molecule has 0 saturated heterocycles. The molecule has 1 aromatic carbocycles. The van der Waals surface area contributed by atoms with Gasteiger partial charge in [-0.25, -0.2) is 0 Å². The van der Waals surface area contributed by atoms with Gasteiger partial charge in [-0.05, 0) is 24.3 Å². The Balaban J connectivity index is 1.84. The molecule has 0 unspecified atom stereocenters. The molecular weight excluding hydrogens is 264 g/mol. The van der Waals surface area contributed by atoms with Gasteiger partial charge >= 0.3 is 0 Å². The number of aliphatic hydroxyl groups excluding tert-OH is 1. The third-order valence-electron chi connectivity index (χ3n) is 3.57. The molecule has 1 N–H and O–H groups in total. The van der Waals surface area contributed by atoms with Crippen LogP contribution in [0.1, 0.15) is 31.2 Å². The summed E-state index contributed by atoms with van der Waals surface area (Å²) >= 11 is 0. The molecule has 0 aliphatic heterocycles. The lowest BCUT2D eigenvalue weighted by Crippen LogP contribution is -2.28. The summed E-state index contributed by atoms with van der Waals surface area (Å²) in [7, 11) is -3.67. The Morgan fingerprint density at radius 2 is 1.84 bits per heavy atom. The third-order valence-corrected chi connectivity index (χ3v) is 4.79. The number of hydrogen-bond acceptors (Lipinski definition) is 4. The molecule has 1 aliphatic rings. The van der Waals surface area contributed by atoms with Crippen molar-refractivity contribution in [3.8, 4) is 0 Å². The maximum atomic E-state index is 11.8. The molecule has 4 nitrogen and oxygen atoms in total. The number of benzene rings is 1. The van der Waals surface area contributed by atoms with Gasteiger partial charge in [0.15, 0.2) is 0 Å². The first-order valence-electron chi connectivity index (χ1n) is 6.66. The molecule has 0 bridgehead atoms. The van der Waals surface area contributed by atoms with Crippen molar-refractivity contribution < 1.29 is 17.7 Å². The van der Waals surface area contributed by atoms with Gasteiger partial charge in [0.2, 0.25) is 0 Å². The van der Waals surface area contributed by atoms with E-state index in [2.05, 4.69) is 0 Å². The van der Waals surface area contributed by atoms with E-state index in [1.165, 1.54) is 0 Å². The largest absolute Gasteiger partial charge is 0.392 e. The molecule has 1 aliphatic carbocycles. The smallest absolute Gasteiger partial charge is 0.270 e. The molecule has 5 heteroatoms. The Morgan fingerprint density at radius 3 is 2.47 bits per heavy atom. The number of hydrogen-bond donors (Lipinski definition) is 1. The standard InChI is InChI=1S/C14H20O4S/c15-14(13-8-4-5-9-13)11-19(16,17)18-10-12-6-2-1-3-7-12/h1-3,6-7,13-15H,4-5,8-11H2/t14-/m1/s1. The van der Waals surface area contributed by atoms with Gasteiger partial charge in [-0.15, -0.1) is 0 Å². The van der Waals surface area contributed by atoms with Crippen molar-refractivity contribution in [2.75, 3.05) is 5.75 Å². The highest BCUT2D eigenvalue weighted by molar-refractivity contribution is 7.86. The van der Waals surface area contributed by atoms with E-state index in [4.69, 9.17) is 4.18 Å². The van der Waals surface area contributed by atoms with Crippen LogP contribution >= 0.6 is 0 Å². The lowest BCUT2D eigenvalue weighted by molar-refractivity contribution is 0.128. The van der Waals surface area contributed by atoms with Crippen LogP contribution in [0, 0.1) is 5.92 Å². The quantitative estimate of drug-likeness (QED) is 0.812. The van der Waals surface area contributed by atoms with Gasteiger partial charge in [0.1, 0.15) is 5.75 Å². The molecule has 0 spiro atoms. The molecule has 1 fully saturated rings. The fourth-order valence-electron chi connectivity index (χ4n) is 2.47. The highest BCUT2D eigenvalue weighted by atomic mass is 32.2. The van der Waals surface area contributed by atoms with Crippen LogP contribution in [0.4, 0.5) is 0 Å². The van der Waals surface area contributed by atoms with E-state index in [0.717, 1.165) is 31.2 Å². The van der Waals surface area contributed by atoms with Crippen LogP contribution in [0.25, 0.3) is 0 Å². The van der Waals surface area contributed by atoms with Crippen molar-refractivity contribution in [2.45, 2.75) is 38.4 Å². The lowest BCUT2D eigenvalue weighted by atomic mass is 10.0. The minimum atomic E-state index is -3.67. The molecule has 1 atom stereocenters. The molecule has 0 radical (unpaired) electrons. The van der Waals surface area contributed by atoms with Gasteiger partial charge in [-0.1, -0.05) is 43.2 Å². The molecule has 0 heterocycles. The predicted octanol–water partition coefficient (Wildman–Crippen LogP) is 2.08. The van der Waals surface area contributed by atoms with Gasteiger partial charge in [0.25, 0.3) is 10.1 Å². The highest BCUT2D eigenvalue weighted by Crippen LogP contribution is 2.28. The maximum Gasteiger partial charge on any atom is 0.270 e. The Kier molecular flexibility index (Phi) is 4.96. The minimum Gasteiger partial charge on any atom is -0.392 e. The normalized spacial score (nSPS) is 18.6. The zero-order valence-electron chi connectivity index (χ0n) is 10.9. The Hall–Kier alpha value is -0.910. The second kappa shape index (κ2) is 6.50. The van der Waals surface area contributed by atoms with E-state index >= 15 is 0 Å². The van der Waals surface area contributed by atoms with Crippen molar-refractivity contribution >= 4 is 10.1 Å². The fraction of sp³-hybridized carbons (Fsp3) is 0.571. The van der Waals surface area contributed by atoms with Gasteiger partial charge in [-0.3, -0.25) is 4.18 Å². The average Bonchev–Trinajstić information content (AvgIpc) is 2.91. The van der Waals surface area contributed by atoms with Crippen LogP contribution in [-0.4, -0.2) is 25.4 Å². The molecular formula is C14H20O4S. The van der Waals surface area contributed by atoms with Crippen LogP contribution in [0.15, 0.2) is 30.3 Å². The van der Waals surface area contributed by atoms with Crippen LogP contribution in [0.3, 0.4) is 0 Å². The van der Waals surface area contributed by atoms with Gasteiger partial charge < -0.3 is 5.11 Å². The van der Waals surface area contributed by atoms with Crippen LogP contribution in [0.5, 0.6) is 0 Å². The zero-order chi connectivity index (χ0) is 13.7. The first kappa shape index (κ1) is 14.5. The average molecular weight is 284 g/mol. The van der Waals surface area contributed by atoms with E-state index < -0.39 is 16.2 Å². The SMILES string of the molecule is O=S(=O)(C[C@@H](O)C1CCCC1)OCc1ccccc1. The molecule has 19 heavy (non-hydrogen) atoms. The summed E-state index contributed by atoms with van der Waals surface area (Å²) in [6.07, 6.45) is 3.17. The maximum absolute atomic E-state index is 11.8. The molecule has 1 saturated carbocycles. The van der Waals surface area contributed by atoms with Crippen molar-refractivity contribution in [3.05, 3.63) is 35.9 Å². The molecule has 1 aromatic rings. The van der Waals surface area contributed by atoms with E-state index in [1.54, 1.807) is 0 Å². The van der Waals surface area contributed by atoms with E-state index in [9.17, 15) is 13.5 Å². The first-order chi connectivity index (χ1) is 9.07. The summed E-state index contributed by atoms with van der Waals surface area (Å²) in [5.41, 5.74) is 0.807. The number of rotatable bonds is 6. The van der Waals surface area contributed by atoms with Gasteiger partial charge in [0, 0.05) is 0 Å². The van der Waals surface area contributed by atoms with Crippen LogP contribution in [0.2, 0.25) is 0 Å². The van der Waals surface area contributed by atoms with E-state index in [0.29, 0.717) is 0 Å². The molecule has 0 aromatic heterocycles. The first-order valence-corrected chi connectivity index (χ1v) is 8.24. The second-order valence-corrected chi connectivity index (χ2v) is 6.77. The minimum absolute atomic E-state index is 0.0283. The summed E-state index contributed by atoms with van der Waals surface area (Å²) in [5, 5.41) is 9.92.